The molecule has 2 heterocycles. The third kappa shape index (κ3) is 3.71. The standard InChI is InChI=1S/C24H20N6/c1-16-14-22(30-29-16)27-23-20-12-5-6-13-21(20)26-24(28-23)25-19-11-7-10-18(15-19)17-8-3-2-4-9-17/h2-15H,1H3,(H3,25,26,27,28,29,30). The third-order valence-corrected chi connectivity index (χ3v) is 4.78. The van der Waals surface area contributed by atoms with Gasteiger partial charge in [-0.2, -0.15) is 10.1 Å². The number of para-hydroxylation sites is 1. The van der Waals surface area contributed by atoms with Crippen LogP contribution in [0, 0.1) is 6.92 Å². The molecular weight excluding hydrogens is 372 g/mol. The van der Waals surface area contributed by atoms with E-state index in [2.05, 4.69) is 50.1 Å². The molecule has 0 aliphatic carbocycles. The van der Waals surface area contributed by atoms with Gasteiger partial charge in [0.1, 0.15) is 5.82 Å². The molecule has 0 aliphatic rings. The Balaban J connectivity index is 1.50. The molecule has 3 N–H and O–H groups in total. The average molecular weight is 392 g/mol. The van der Waals surface area contributed by atoms with Crippen LogP contribution in [-0.2, 0) is 0 Å². The van der Waals surface area contributed by atoms with Crippen molar-refractivity contribution in [2.45, 2.75) is 6.92 Å². The molecule has 3 aromatic carbocycles. The van der Waals surface area contributed by atoms with Gasteiger partial charge < -0.3 is 10.6 Å². The van der Waals surface area contributed by atoms with Crippen LogP contribution in [0.3, 0.4) is 0 Å². The number of anilines is 4. The fraction of sp³-hybridized carbons (Fsp3) is 0.0417. The molecule has 0 saturated carbocycles. The summed E-state index contributed by atoms with van der Waals surface area (Å²) in [5.74, 6) is 1.94. The molecule has 0 aliphatic heterocycles. The number of aromatic nitrogens is 4. The van der Waals surface area contributed by atoms with Gasteiger partial charge in [0, 0.05) is 22.8 Å². The van der Waals surface area contributed by atoms with Crippen LogP contribution in [0.4, 0.5) is 23.3 Å². The molecule has 0 spiro atoms. The second kappa shape index (κ2) is 7.67. The summed E-state index contributed by atoms with van der Waals surface area (Å²) in [4.78, 5) is 9.41. The summed E-state index contributed by atoms with van der Waals surface area (Å²) in [6, 6.07) is 28.4. The van der Waals surface area contributed by atoms with Gasteiger partial charge in [-0.25, -0.2) is 4.98 Å². The van der Waals surface area contributed by atoms with Crippen LogP contribution >= 0.6 is 0 Å². The first-order valence-electron chi connectivity index (χ1n) is 9.73. The number of aryl methyl sites for hydroxylation is 1. The lowest BCUT2D eigenvalue weighted by Crippen LogP contribution is -2.02. The molecule has 5 rings (SSSR count). The van der Waals surface area contributed by atoms with Gasteiger partial charge in [-0.1, -0.05) is 54.6 Å². The zero-order chi connectivity index (χ0) is 20.3. The predicted molar refractivity (Wildman–Crippen MR) is 121 cm³/mol. The minimum atomic E-state index is 0.522. The van der Waals surface area contributed by atoms with Crippen molar-refractivity contribution in [2.24, 2.45) is 0 Å². The molecule has 146 valence electrons. The highest BCUT2D eigenvalue weighted by molar-refractivity contribution is 5.91. The van der Waals surface area contributed by atoms with Crippen LogP contribution in [0.1, 0.15) is 5.69 Å². The van der Waals surface area contributed by atoms with E-state index in [-0.39, 0.29) is 0 Å². The van der Waals surface area contributed by atoms with Crippen molar-refractivity contribution >= 4 is 34.2 Å². The molecule has 6 heteroatoms. The summed E-state index contributed by atoms with van der Waals surface area (Å²) >= 11 is 0. The molecular formula is C24H20N6. The first kappa shape index (κ1) is 17.9. The van der Waals surface area contributed by atoms with Gasteiger partial charge in [0.15, 0.2) is 5.82 Å². The summed E-state index contributed by atoms with van der Waals surface area (Å²) in [6.07, 6.45) is 0. The monoisotopic (exact) mass is 392 g/mol. The van der Waals surface area contributed by atoms with Crippen molar-refractivity contribution in [2.75, 3.05) is 10.6 Å². The van der Waals surface area contributed by atoms with Crippen molar-refractivity contribution < 1.29 is 0 Å². The van der Waals surface area contributed by atoms with E-state index in [1.807, 2.05) is 67.6 Å². The number of nitrogens with one attached hydrogen (secondary N) is 3. The number of aromatic amines is 1. The molecule has 0 fully saturated rings. The molecule has 0 unspecified atom stereocenters. The van der Waals surface area contributed by atoms with Crippen LogP contribution < -0.4 is 10.6 Å². The lowest BCUT2D eigenvalue weighted by atomic mass is 10.1. The quantitative estimate of drug-likeness (QED) is 0.351. The third-order valence-electron chi connectivity index (χ3n) is 4.78. The maximum atomic E-state index is 4.72. The van der Waals surface area contributed by atoms with Crippen LogP contribution in [0.25, 0.3) is 22.0 Å². The van der Waals surface area contributed by atoms with Gasteiger partial charge >= 0.3 is 0 Å². The number of benzene rings is 3. The van der Waals surface area contributed by atoms with Crippen molar-refractivity contribution in [3.8, 4) is 11.1 Å². The zero-order valence-electron chi connectivity index (χ0n) is 16.4. The van der Waals surface area contributed by atoms with Crippen LogP contribution in [0.5, 0.6) is 0 Å². The van der Waals surface area contributed by atoms with Crippen LogP contribution in [0.2, 0.25) is 0 Å². The highest BCUT2D eigenvalue weighted by Crippen LogP contribution is 2.27. The number of fused-ring (bicyclic) bond motifs is 1. The first-order valence-corrected chi connectivity index (χ1v) is 9.73. The number of H-pyrrole nitrogens is 1. The van der Waals surface area contributed by atoms with E-state index in [0.29, 0.717) is 17.6 Å². The Hall–Kier alpha value is -4.19. The number of hydrogen-bond acceptors (Lipinski definition) is 5. The van der Waals surface area contributed by atoms with Gasteiger partial charge in [-0.15, -0.1) is 0 Å². The van der Waals surface area contributed by atoms with E-state index in [0.717, 1.165) is 33.4 Å². The predicted octanol–water partition coefficient (Wildman–Crippen LogP) is 5.82. The second-order valence-corrected chi connectivity index (χ2v) is 7.05. The van der Waals surface area contributed by atoms with Crippen molar-refractivity contribution in [3.63, 3.8) is 0 Å². The normalized spacial score (nSPS) is 10.8. The maximum absolute atomic E-state index is 4.72. The Morgan fingerprint density at radius 2 is 1.53 bits per heavy atom. The van der Waals surface area contributed by atoms with Gasteiger partial charge in [-0.3, -0.25) is 5.10 Å². The first-order chi connectivity index (χ1) is 14.7. The molecule has 0 atom stereocenters. The molecule has 2 aromatic heterocycles. The Bertz CT molecular complexity index is 1310. The Morgan fingerprint density at radius 3 is 2.37 bits per heavy atom. The van der Waals surface area contributed by atoms with Crippen molar-refractivity contribution in [1.82, 2.24) is 20.2 Å². The number of rotatable bonds is 5. The van der Waals surface area contributed by atoms with Crippen LogP contribution in [0.15, 0.2) is 84.9 Å². The summed E-state index contributed by atoms with van der Waals surface area (Å²) in [6.45, 7) is 1.96. The Morgan fingerprint density at radius 1 is 0.733 bits per heavy atom. The number of hydrogen-bond donors (Lipinski definition) is 3. The number of nitrogens with zero attached hydrogens (tertiary/aromatic N) is 3. The molecule has 0 saturated heterocycles. The molecule has 6 nitrogen and oxygen atoms in total. The van der Waals surface area contributed by atoms with E-state index in [9.17, 15) is 0 Å². The summed E-state index contributed by atoms with van der Waals surface area (Å²) in [5.41, 5.74) is 5.05. The van der Waals surface area contributed by atoms with E-state index < -0.39 is 0 Å². The molecule has 5 aromatic rings. The van der Waals surface area contributed by atoms with E-state index in [1.165, 1.54) is 0 Å². The van der Waals surface area contributed by atoms with E-state index in [4.69, 9.17) is 4.98 Å². The smallest absolute Gasteiger partial charge is 0.229 e. The second-order valence-electron chi connectivity index (χ2n) is 7.05. The van der Waals surface area contributed by atoms with Crippen molar-refractivity contribution in [1.29, 1.82) is 0 Å². The summed E-state index contributed by atoms with van der Waals surface area (Å²) in [7, 11) is 0. The minimum absolute atomic E-state index is 0.522. The topological polar surface area (TPSA) is 78.5 Å². The fourth-order valence-corrected chi connectivity index (χ4v) is 3.37. The maximum Gasteiger partial charge on any atom is 0.229 e. The summed E-state index contributed by atoms with van der Waals surface area (Å²) in [5, 5.41) is 14.8. The lowest BCUT2D eigenvalue weighted by molar-refractivity contribution is 1.05. The summed E-state index contributed by atoms with van der Waals surface area (Å²) < 4.78 is 0. The lowest BCUT2D eigenvalue weighted by Gasteiger charge is -2.11. The Kier molecular flexibility index (Phi) is 4.57. The van der Waals surface area contributed by atoms with Gasteiger partial charge in [0.2, 0.25) is 5.95 Å². The van der Waals surface area contributed by atoms with Gasteiger partial charge in [0.25, 0.3) is 0 Å². The molecule has 30 heavy (non-hydrogen) atoms. The molecule has 0 radical (unpaired) electrons. The average Bonchev–Trinajstić information content (AvgIpc) is 3.19. The van der Waals surface area contributed by atoms with E-state index >= 15 is 0 Å². The fourth-order valence-electron chi connectivity index (χ4n) is 3.37. The highest BCUT2D eigenvalue weighted by Gasteiger charge is 2.10. The van der Waals surface area contributed by atoms with Gasteiger partial charge in [-0.05, 0) is 42.3 Å². The van der Waals surface area contributed by atoms with Gasteiger partial charge in [0.05, 0.1) is 5.52 Å². The molecule has 0 bridgehead atoms. The van der Waals surface area contributed by atoms with E-state index in [1.54, 1.807) is 0 Å². The SMILES string of the molecule is Cc1cc(Nc2nc(Nc3cccc(-c4ccccc4)c3)nc3ccccc23)n[nH]1. The highest BCUT2D eigenvalue weighted by atomic mass is 15.2. The van der Waals surface area contributed by atoms with Crippen molar-refractivity contribution in [3.05, 3.63) is 90.6 Å². The van der Waals surface area contributed by atoms with Crippen LogP contribution in [-0.4, -0.2) is 20.2 Å². The Labute approximate surface area is 174 Å². The molecule has 0 amide bonds. The zero-order valence-corrected chi connectivity index (χ0v) is 16.4. The largest absolute Gasteiger partial charge is 0.324 e. The minimum Gasteiger partial charge on any atom is -0.324 e.